The number of amides is 2. The zero-order chi connectivity index (χ0) is 18.4. The zero-order valence-corrected chi connectivity index (χ0v) is 15.4. The quantitative estimate of drug-likeness (QED) is 0.890. The highest BCUT2D eigenvalue weighted by Gasteiger charge is 2.56. The summed E-state index contributed by atoms with van der Waals surface area (Å²) in [5.41, 5.74) is 2.91. The number of carbonyl (C=O) groups excluding carboxylic acids is 2. The maximum absolute atomic E-state index is 13.7. The summed E-state index contributed by atoms with van der Waals surface area (Å²) >= 11 is 0. The van der Waals surface area contributed by atoms with Crippen molar-refractivity contribution in [2.75, 3.05) is 0 Å². The van der Waals surface area contributed by atoms with Crippen LogP contribution in [0.3, 0.4) is 0 Å². The Kier molecular flexibility index (Phi) is 3.81. The van der Waals surface area contributed by atoms with Crippen molar-refractivity contribution < 1.29 is 9.59 Å². The van der Waals surface area contributed by atoms with Crippen LogP contribution in [0.1, 0.15) is 59.2 Å². The Bertz CT molecular complexity index is 916. The highest BCUT2D eigenvalue weighted by molar-refractivity contribution is 6.07. The number of benzene rings is 2. The molecule has 1 aliphatic carbocycles. The van der Waals surface area contributed by atoms with Gasteiger partial charge >= 0.3 is 0 Å². The first-order chi connectivity index (χ1) is 13.2. The predicted molar refractivity (Wildman–Crippen MR) is 103 cm³/mol. The molecule has 5 rings (SSSR count). The lowest BCUT2D eigenvalue weighted by molar-refractivity contribution is -0.134. The summed E-state index contributed by atoms with van der Waals surface area (Å²) in [4.78, 5) is 28.7. The molecular weight excluding hydrogens is 336 g/mol. The van der Waals surface area contributed by atoms with E-state index in [0.717, 1.165) is 29.5 Å². The van der Waals surface area contributed by atoms with Crippen LogP contribution in [0.25, 0.3) is 0 Å². The fourth-order valence-electron chi connectivity index (χ4n) is 5.10. The lowest BCUT2D eigenvalue weighted by atomic mass is 9.78. The van der Waals surface area contributed by atoms with Crippen LogP contribution >= 0.6 is 0 Å². The maximum Gasteiger partial charge on any atom is 0.255 e. The molecule has 1 unspecified atom stereocenters. The van der Waals surface area contributed by atoms with E-state index in [2.05, 4.69) is 17.4 Å². The Morgan fingerprint density at radius 1 is 0.963 bits per heavy atom. The van der Waals surface area contributed by atoms with E-state index in [4.69, 9.17) is 0 Å². The number of nitrogens with one attached hydrogen (secondary N) is 1. The monoisotopic (exact) mass is 360 g/mol. The Morgan fingerprint density at radius 2 is 1.67 bits per heavy atom. The van der Waals surface area contributed by atoms with Crippen molar-refractivity contribution >= 4 is 11.8 Å². The molecular formula is C23H24N2O2. The number of hydrogen-bond donors (Lipinski definition) is 1. The summed E-state index contributed by atoms with van der Waals surface area (Å²) < 4.78 is 0. The normalized spacial score (nSPS) is 24.1. The van der Waals surface area contributed by atoms with Crippen molar-refractivity contribution in [3.05, 3.63) is 70.8 Å². The van der Waals surface area contributed by atoms with Crippen LogP contribution in [0, 0.1) is 0 Å². The molecule has 3 aliphatic rings. The molecule has 2 heterocycles. The molecule has 2 aromatic carbocycles. The van der Waals surface area contributed by atoms with Gasteiger partial charge in [-0.15, -0.1) is 0 Å². The SMILES string of the molecule is O=C1c2ccccc2C2(C(=O)NC3CCCCC3)Cc3ccccc3CN12. The second-order valence-corrected chi connectivity index (χ2v) is 8.05. The zero-order valence-electron chi connectivity index (χ0n) is 15.4. The van der Waals surface area contributed by atoms with Crippen LogP contribution < -0.4 is 5.32 Å². The van der Waals surface area contributed by atoms with Gasteiger partial charge in [0.2, 0.25) is 0 Å². The van der Waals surface area contributed by atoms with Gasteiger partial charge in [0.1, 0.15) is 0 Å². The van der Waals surface area contributed by atoms with E-state index in [0.29, 0.717) is 18.5 Å². The first-order valence-corrected chi connectivity index (χ1v) is 9.99. The van der Waals surface area contributed by atoms with E-state index in [1.54, 1.807) is 4.90 Å². The van der Waals surface area contributed by atoms with Gasteiger partial charge in [-0.1, -0.05) is 61.7 Å². The van der Waals surface area contributed by atoms with Crippen molar-refractivity contribution in [2.45, 2.75) is 56.7 Å². The molecule has 4 nitrogen and oxygen atoms in total. The molecule has 0 bridgehead atoms. The largest absolute Gasteiger partial charge is 0.351 e. The smallest absolute Gasteiger partial charge is 0.255 e. The molecule has 4 heteroatoms. The van der Waals surface area contributed by atoms with Gasteiger partial charge in [-0.05, 0) is 30.0 Å². The molecule has 1 N–H and O–H groups in total. The van der Waals surface area contributed by atoms with Crippen molar-refractivity contribution in [2.24, 2.45) is 0 Å². The van der Waals surface area contributed by atoms with Crippen LogP contribution in [-0.4, -0.2) is 22.8 Å². The minimum atomic E-state index is -0.917. The van der Waals surface area contributed by atoms with E-state index >= 15 is 0 Å². The lowest BCUT2D eigenvalue weighted by Crippen LogP contribution is -2.59. The third-order valence-electron chi connectivity index (χ3n) is 6.52. The summed E-state index contributed by atoms with van der Waals surface area (Å²) in [7, 11) is 0. The van der Waals surface area contributed by atoms with Crippen LogP contribution in [0.15, 0.2) is 48.5 Å². The van der Waals surface area contributed by atoms with Gasteiger partial charge in [0.05, 0.1) is 0 Å². The Labute approximate surface area is 159 Å². The molecule has 0 aromatic heterocycles. The predicted octanol–water partition coefficient (Wildman–Crippen LogP) is 3.54. The van der Waals surface area contributed by atoms with Gasteiger partial charge < -0.3 is 10.2 Å². The van der Waals surface area contributed by atoms with Gasteiger partial charge in [-0.3, -0.25) is 9.59 Å². The van der Waals surface area contributed by atoms with Crippen LogP contribution in [0.2, 0.25) is 0 Å². The van der Waals surface area contributed by atoms with Crippen molar-refractivity contribution in [3.63, 3.8) is 0 Å². The van der Waals surface area contributed by atoms with E-state index in [-0.39, 0.29) is 17.9 Å². The minimum absolute atomic E-state index is 0.0118. The average Bonchev–Trinajstić information content (AvgIpc) is 2.97. The van der Waals surface area contributed by atoms with Crippen molar-refractivity contribution in [1.82, 2.24) is 10.2 Å². The summed E-state index contributed by atoms with van der Waals surface area (Å²) in [5.74, 6) is -0.0406. The molecule has 2 aliphatic heterocycles. The molecule has 138 valence electrons. The number of hydrogen-bond acceptors (Lipinski definition) is 2. The van der Waals surface area contributed by atoms with Gasteiger partial charge in [0, 0.05) is 30.1 Å². The Morgan fingerprint density at radius 3 is 2.48 bits per heavy atom. The first kappa shape index (κ1) is 16.5. The molecule has 0 saturated heterocycles. The fraction of sp³-hybridized carbons (Fsp3) is 0.391. The van der Waals surface area contributed by atoms with Gasteiger partial charge in [-0.2, -0.15) is 0 Å². The average molecular weight is 360 g/mol. The molecule has 27 heavy (non-hydrogen) atoms. The molecule has 1 fully saturated rings. The molecule has 1 atom stereocenters. The molecule has 0 spiro atoms. The van der Waals surface area contributed by atoms with Crippen LogP contribution in [-0.2, 0) is 23.3 Å². The van der Waals surface area contributed by atoms with Crippen LogP contribution in [0.5, 0.6) is 0 Å². The van der Waals surface area contributed by atoms with Crippen molar-refractivity contribution in [3.8, 4) is 0 Å². The Hall–Kier alpha value is -2.62. The third kappa shape index (κ3) is 2.43. The topological polar surface area (TPSA) is 49.4 Å². The number of carbonyl (C=O) groups is 2. The van der Waals surface area contributed by atoms with Crippen molar-refractivity contribution in [1.29, 1.82) is 0 Å². The Balaban J connectivity index is 1.60. The van der Waals surface area contributed by atoms with Gasteiger partial charge in [-0.25, -0.2) is 0 Å². The number of nitrogens with zero attached hydrogens (tertiary/aromatic N) is 1. The van der Waals surface area contributed by atoms with E-state index in [9.17, 15) is 9.59 Å². The van der Waals surface area contributed by atoms with E-state index in [1.165, 1.54) is 19.3 Å². The summed E-state index contributed by atoms with van der Waals surface area (Å²) in [6.07, 6.45) is 6.20. The maximum atomic E-state index is 13.7. The van der Waals surface area contributed by atoms with Gasteiger partial charge in [0.15, 0.2) is 5.54 Å². The third-order valence-corrected chi connectivity index (χ3v) is 6.52. The lowest BCUT2D eigenvalue weighted by Gasteiger charge is -2.43. The molecule has 1 saturated carbocycles. The summed E-state index contributed by atoms with van der Waals surface area (Å²) in [6, 6.07) is 16.0. The number of fused-ring (bicyclic) bond motifs is 4. The fourth-order valence-corrected chi connectivity index (χ4v) is 5.10. The molecule has 0 radical (unpaired) electrons. The summed E-state index contributed by atoms with van der Waals surface area (Å²) in [5, 5.41) is 3.31. The highest BCUT2D eigenvalue weighted by Crippen LogP contribution is 2.46. The number of rotatable bonds is 2. The molecule has 2 amide bonds. The van der Waals surface area contributed by atoms with E-state index < -0.39 is 5.54 Å². The van der Waals surface area contributed by atoms with E-state index in [1.807, 2.05) is 36.4 Å². The molecule has 2 aromatic rings. The standard InChI is InChI=1S/C23H24N2O2/c26-21-19-12-6-7-13-20(19)23(22(27)24-18-10-2-1-3-11-18)14-16-8-4-5-9-17(16)15-25(21)23/h4-9,12-13,18H,1-3,10-11,14-15H2,(H,24,27). The first-order valence-electron chi connectivity index (χ1n) is 9.99. The van der Waals surface area contributed by atoms with Gasteiger partial charge in [0.25, 0.3) is 11.8 Å². The highest BCUT2D eigenvalue weighted by atomic mass is 16.2. The second-order valence-electron chi connectivity index (χ2n) is 8.05. The summed E-state index contributed by atoms with van der Waals surface area (Å²) in [6.45, 7) is 0.488. The van der Waals surface area contributed by atoms with Crippen LogP contribution in [0.4, 0.5) is 0 Å². The minimum Gasteiger partial charge on any atom is -0.351 e. The second kappa shape index (κ2) is 6.22.